The Labute approximate surface area is 134 Å². The van der Waals surface area contributed by atoms with E-state index in [2.05, 4.69) is 29.4 Å². The highest BCUT2D eigenvalue weighted by molar-refractivity contribution is 5.87. The van der Waals surface area contributed by atoms with Crippen LogP contribution in [0.3, 0.4) is 0 Å². The summed E-state index contributed by atoms with van der Waals surface area (Å²) >= 11 is 0. The Hall–Kier alpha value is -2.70. The second-order valence-electron chi connectivity index (χ2n) is 5.92. The molecule has 4 heterocycles. The number of fused-ring (bicyclic) bond motifs is 1. The molecular formula is C16H19N7. The van der Waals surface area contributed by atoms with Crippen molar-refractivity contribution in [1.29, 1.82) is 0 Å². The van der Waals surface area contributed by atoms with Gasteiger partial charge in [0.1, 0.15) is 23.8 Å². The van der Waals surface area contributed by atoms with Crippen LogP contribution in [-0.2, 0) is 6.54 Å². The minimum atomic E-state index is 0.401. The number of rotatable bonds is 3. The van der Waals surface area contributed by atoms with Crippen LogP contribution in [0.25, 0.3) is 11.0 Å². The molecule has 0 aliphatic carbocycles. The molecule has 1 aliphatic heterocycles. The molecule has 0 unspecified atom stereocenters. The minimum Gasteiger partial charge on any atom is -0.384 e. The molecule has 0 spiro atoms. The zero-order valence-electron chi connectivity index (χ0n) is 13.1. The molecule has 4 rings (SSSR count). The van der Waals surface area contributed by atoms with E-state index < -0.39 is 0 Å². The van der Waals surface area contributed by atoms with Crippen molar-refractivity contribution in [3.63, 3.8) is 0 Å². The van der Waals surface area contributed by atoms with E-state index in [-0.39, 0.29) is 0 Å². The molecule has 3 aromatic heterocycles. The average Bonchev–Trinajstić information content (AvgIpc) is 3.16. The van der Waals surface area contributed by atoms with Gasteiger partial charge in [-0.15, -0.1) is 0 Å². The van der Waals surface area contributed by atoms with Gasteiger partial charge in [0.25, 0.3) is 0 Å². The first-order chi connectivity index (χ1) is 11.2. The van der Waals surface area contributed by atoms with Crippen LogP contribution in [0.5, 0.6) is 0 Å². The maximum Gasteiger partial charge on any atom is 0.166 e. The lowest BCUT2D eigenvalue weighted by Crippen LogP contribution is -2.34. The summed E-state index contributed by atoms with van der Waals surface area (Å²) in [7, 11) is 0. The fourth-order valence-corrected chi connectivity index (χ4v) is 3.30. The van der Waals surface area contributed by atoms with E-state index in [0.29, 0.717) is 17.5 Å². The summed E-state index contributed by atoms with van der Waals surface area (Å²) in [5, 5.41) is 0.955. The second kappa shape index (κ2) is 5.49. The van der Waals surface area contributed by atoms with Crippen molar-refractivity contribution in [2.45, 2.75) is 32.4 Å². The highest BCUT2D eigenvalue weighted by atomic mass is 15.3. The van der Waals surface area contributed by atoms with Crippen LogP contribution >= 0.6 is 0 Å². The predicted octanol–water partition coefficient (Wildman–Crippen LogP) is 1.78. The molecule has 1 atom stereocenters. The highest BCUT2D eigenvalue weighted by Crippen LogP contribution is 2.30. The Bertz CT molecular complexity index is 841. The molecule has 1 saturated heterocycles. The first kappa shape index (κ1) is 13.9. The summed E-state index contributed by atoms with van der Waals surface area (Å²) < 4.78 is 2.20. The molecule has 0 aromatic carbocycles. The molecule has 7 heteroatoms. The Kier molecular flexibility index (Phi) is 3.33. The van der Waals surface area contributed by atoms with E-state index in [0.717, 1.165) is 43.0 Å². The van der Waals surface area contributed by atoms with Crippen molar-refractivity contribution in [3.8, 4) is 0 Å². The summed E-state index contributed by atoms with van der Waals surface area (Å²) in [5.74, 6) is 2.47. The van der Waals surface area contributed by atoms with Crippen molar-refractivity contribution < 1.29 is 0 Å². The van der Waals surface area contributed by atoms with Gasteiger partial charge in [-0.2, -0.15) is 0 Å². The molecule has 0 radical (unpaired) electrons. The summed E-state index contributed by atoms with van der Waals surface area (Å²) in [6, 6.07) is 4.17. The van der Waals surface area contributed by atoms with E-state index in [1.54, 1.807) is 12.4 Å². The van der Waals surface area contributed by atoms with Crippen molar-refractivity contribution in [3.05, 3.63) is 36.7 Å². The standard InChI is InChI=1S/C16H19N7/c1-11-18-6-8-22(11)9-12-3-2-7-23(12)16-13-4-5-14(17)21-15(13)19-10-20-16/h4-6,8,10,12H,2-3,7,9H2,1H3,(H2,17,19,20,21)/t12-/m1/s1. The van der Waals surface area contributed by atoms with Gasteiger partial charge in [0.2, 0.25) is 0 Å². The third-order valence-corrected chi connectivity index (χ3v) is 4.48. The summed E-state index contributed by atoms with van der Waals surface area (Å²) in [5.41, 5.74) is 6.42. The highest BCUT2D eigenvalue weighted by Gasteiger charge is 2.27. The largest absolute Gasteiger partial charge is 0.384 e. The third-order valence-electron chi connectivity index (χ3n) is 4.48. The Morgan fingerprint density at radius 3 is 3.00 bits per heavy atom. The van der Waals surface area contributed by atoms with Crippen molar-refractivity contribution in [1.82, 2.24) is 24.5 Å². The SMILES string of the molecule is Cc1nccn1C[C@H]1CCCN1c1ncnc2nc(N)ccc12. The normalized spacial score (nSPS) is 18.0. The summed E-state index contributed by atoms with van der Waals surface area (Å²) in [6.07, 6.45) is 7.76. The molecule has 0 bridgehead atoms. The number of nitrogen functional groups attached to an aromatic ring is 1. The van der Waals surface area contributed by atoms with Crippen molar-refractivity contribution >= 4 is 22.7 Å². The van der Waals surface area contributed by atoms with Crippen LogP contribution in [0, 0.1) is 6.92 Å². The monoisotopic (exact) mass is 309 g/mol. The summed E-state index contributed by atoms with van der Waals surface area (Å²) in [6.45, 7) is 3.95. The number of aromatic nitrogens is 5. The van der Waals surface area contributed by atoms with E-state index in [9.17, 15) is 0 Å². The van der Waals surface area contributed by atoms with Gasteiger partial charge < -0.3 is 15.2 Å². The minimum absolute atomic E-state index is 0.401. The van der Waals surface area contributed by atoms with Crippen LogP contribution in [0.15, 0.2) is 30.9 Å². The molecule has 118 valence electrons. The first-order valence-electron chi connectivity index (χ1n) is 7.84. The Balaban J connectivity index is 1.70. The number of anilines is 2. The maximum absolute atomic E-state index is 5.77. The van der Waals surface area contributed by atoms with Gasteiger partial charge in [-0.25, -0.2) is 19.9 Å². The smallest absolute Gasteiger partial charge is 0.166 e. The van der Waals surface area contributed by atoms with Crippen LogP contribution in [-0.4, -0.2) is 37.1 Å². The predicted molar refractivity (Wildman–Crippen MR) is 89.1 cm³/mol. The zero-order valence-corrected chi connectivity index (χ0v) is 13.1. The third kappa shape index (κ3) is 2.48. The fraction of sp³-hybridized carbons (Fsp3) is 0.375. The van der Waals surface area contributed by atoms with Gasteiger partial charge in [0.15, 0.2) is 5.65 Å². The number of pyridine rings is 1. The first-order valence-corrected chi connectivity index (χ1v) is 7.84. The van der Waals surface area contributed by atoms with E-state index in [1.165, 1.54) is 0 Å². The van der Waals surface area contributed by atoms with Gasteiger partial charge in [0, 0.05) is 31.5 Å². The molecule has 0 amide bonds. The van der Waals surface area contributed by atoms with Crippen LogP contribution in [0.4, 0.5) is 11.6 Å². The lowest BCUT2D eigenvalue weighted by atomic mass is 10.2. The lowest BCUT2D eigenvalue weighted by molar-refractivity contribution is 0.539. The van der Waals surface area contributed by atoms with Crippen LogP contribution < -0.4 is 10.6 Å². The molecule has 1 aliphatic rings. The van der Waals surface area contributed by atoms with Crippen molar-refractivity contribution in [2.75, 3.05) is 17.2 Å². The lowest BCUT2D eigenvalue weighted by Gasteiger charge is -2.27. The number of nitrogens with two attached hydrogens (primary N) is 1. The van der Waals surface area contributed by atoms with E-state index in [1.807, 2.05) is 25.4 Å². The Morgan fingerprint density at radius 2 is 2.17 bits per heavy atom. The molecule has 1 fully saturated rings. The van der Waals surface area contributed by atoms with Gasteiger partial charge in [-0.3, -0.25) is 0 Å². The van der Waals surface area contributed by atoms with Gasteiger partial charge in [-0.1, -0.05) is 0 Å². The summed E-state index contributed by atoms with van der Waals surface area (Å²) in [4.78, 5) is 19.8. The van der Waals surface area contributed by atoms with E-state index >= 15 is 0 Å². The molecule has 7 nitrogen and oxygen atoms in total. The second-order valence-corrected chi connectivity index (χ2v) is 5.92. The number of aryl methyl sites for hydroxylation is 1. The van der Waals surface area contributed by atoms with Crippen LogP contribution in [0.1, 0.15) is 18.7 Å². The molecule has 2 N–H and O–H groups in total. The topological polar surface area (TPSA) is 85.8 Å². The fourth-order valence-electron chi connectivity index (χ4n) is 3.30. The van der Waals surface area contributed by atoms with Gasteiger partial charge >= 0.3 is 0 Å². The molecular weight excluding hydrogens is 290 g/mol. The number of hydrogen-bond acceptors (Lipinski definition) is 6. The molecule has 0 saturated carbocycles. The van der Waals surface area contributed by atoms with Crippen LogP contribution in [0.2, 0.25) is 0 Å². The zero-order chi connectivity index (χ0) is 15.8. The van der Waals surface area contributed by atoms with Gasteiger partial charge in [-0.05, 0) is 31.9 Å². The average molecular weight is 309 g/mol. The number of hydrogen-bond donors (Lipinski definition) is 1. The maximum atomic E-state index is 5.77. The van der Waals surface area contributed by atoms with Crippen molar-refractivity contribution in [2.24, 2.45) is 0 Å². The van der Waals surface area contributed by atoms with E-state index in [4.69, 9.17) is 5.73 Å². The van der Waals surface area contributed by atoms with Gasteiger partial charge in [0.05, 0.1) is 5.39 Å². The quantitative estimate of drug-likeness (QED) is 0.793. The Morgan fingerprint density at radius 1 is 1.26 bits per heavy atom. The molecule has 3 aromatic rings. The number of imidazole rings is 1. The number of nitrogens with zero attached hydrogens (tertiary/aromatic N) is 6. The molecule has 23 heavy (non-hydrogen) atoms.